The van der Waals surface area contributed by atoms with Gasteiger partial charge < -0.3 is 10.5 Å². The van der Waals surface area contributed by atoms with Crippen molar-refractivity contribution in [1.29, 1.82) is 0 Å². The third-order valence-electron chi connectivity index (χ3n) is 1.69. The number of esters is 1. The zero-order valence-electron chi connectivity index (χ0n) is 7.41. The Bertz CT molecular complexity index is 404. The summed E-state index contributed by atoms with van der Waals surface area (Å²) in [6.45, 7) is 0. The van der Waals surface area contributed by atoms with Gasteiger partial charge in [0, 0.05) is 7.14 Å². The molecule has 0 radical (unpaired) electrons. The van der Waals surface area contributed by atoms with Gasteiger partial charge in [0.25, 0.3) is 0 Å². The van der Waals surface area contributed by atoms with Gasteiger partial charge in [0.15, 0.2) is 0 Å². The summed E-state index contributed by atoms with van der Waals surface area (Å²) >= 11 is 8.57. The molecule has 0 saturated heterocycles. The summed E-state index contributed by atoms with van der Waals surface area (Å²) in [5, 5.41) is 0. The summed E-state index contributed by atoms with van der Waals surface area (Å²) in [5.74, 6) is -0.343. The Kier molecular flexibility index (Phi) is 5.63. The van der Waals surface area contributed by atoms with Crippen LogP contribution in [0.4, 0.5) is 5.69 Å². The van der Waals surface area contributed by atoms with E-state index < -0.39 is 0 Å². The number of methoxy groups -OCH3 is 1. The molecule has 1 rings (SSSR count). The zero-order valence-corrected chi connectivity index (χ0v) is 16.0. The molecule has 0 fully saturated rings. The molecule has 3 nitrogen and oxygen atoms in total. The smallest absolute Gasteiger partial charge is 0.340 e. The van der Waals surface area contributed by atoms with Gasteiger partial charge in [0.1, 0.15) is 0 Å². The molecule has 1 aromatic rings. The Morgan fingerprint density at radius 3 is 2.07 bits per heavy atom. The van der Waals surface area contributed by atoms with E-state index in [9.17, 15) is 4.79 Å². The van der Waals surface area contributed by atoms with E-state index in [0.717, 1.165) is 14.3 Å². The first-order valence-electron chi connectivity index (χ1n) is 3.61. The molecule has 2 N–H and O–H groups in total. The predicted octanol–water partition coefficient (Wildman–Crippen LogP) is 3.47. The van der Waals surface area contributed by atoms with Gasteiger partial charge in [-0.05, 0) is 90.4 Å². The maximum absolute atomic E-state index is 11.6. The number of carbonyl (C=O) groups excluding carboxylic acids is 1. The lowest BCUT2D eigenvalue weighted by Gasteiger charge is -2.12. The van der Waals surface area contributed by atoms with E-state index in [-0.39, 0.29) is 5.97 Å². The van der Waals surface area contributed by atoms with Crippen molar-refractivity contribution in [3.63, 3.8) is 0 Å². The standard InChI is InChI=1S/C8H5I4NO2/c1-15-8(14)2-3(9)5(11)6(12)7(13)4(2)10/h13H2,1H3. The molecule has 15 heavy (non-hydrogen) atoms. The Labute approximate surface area is 142 Å². The second-order valence-electron chi connectivity index (χ2n) is 2.54. The molecule has 0 amide bonds. The fourth-order valence-corrected chi connectivity index (χ4v) is 5.10. The second-order valence-corrected chi connectivity index (χ2v) is 6.85. The van der Waals surface area contributed by atoms with Crippen molar-refractivity contribution in [3.05, 3.63) is 19.8 Å². The van der Waals surface area contributed by atoms with Gasteiger partial charge in [-0.2, -0.15) is 0 Å². The molecule has 0 aliphatic heterocycles. The largest absolute Gasteiger partial charge is 0.465 e. The van der Waals surface area contributed by atoms with Gasteiger partial charge in [-0.3, -0.25) is 0 Å². The van der Waals surface area contributed by atoms with Crippen molar-refractivity contribution in [2.24, 2.45) is 0 Å². The second kappa shape index (κ2) is 5.84. The molecule has 0 bridgehead atoms. The van der Waals surface area contributed by atoms with Crippen molar-refractivity contribution >= 4 is 102 Å². The molecule has 0 unspecified atom stereocenters. The van der Waals surface area contributed by atoms with E-state index in [2.05, 4.69) is 90.4 Å². The number of halogens is 4. The molecule has 0 atom stereocenters. The highest BCUT2D eigenvalue weighted by Gasteiger charge is 2.22. The molecule has 82 valence electrons. The molecule has 7 heteroatoms. The third kappa shape index (κ3) is 2.81. The number of hydrogen-bond acceptors (Lipinski definition) is 3. The summed E-state index contributed by atoms with van der Waals surface area (Å²) in [6, 6.07) is 0. The van der Waals surface area contributed by atoms with Crippen molar-refractivity contribution in [2.45, 2.75) is 0 Å². The van der Waals surface area contributed by atoms with Crippen LogP contribution in [0.15, 0.2) is 0 Å². The van der Waals surface area contributed by atoms with Crippen LogP contribution in [0, 0.1) is 14.3 Å². The van der Waals surface area contributed by atoms with Crippen LogP contribution in [0.5, 0.6) is 0 Å². The van der Waals surface area contributed by atoms with Crippen LogP contribution < -0.4 is 5.73 Å². The van der Waals surface area contributed by atoms with Gasteiger partial charge in [-0.15, -0.1) is 0 Å². The van der Waals surface area contributed by atoms with E-state index >= 15 is 0 Å². The fraction of sp³-hybridized carbons (Fsp3) is 0.125. The Balaban J connectivity index is 3.60. The minimum absolute atomic E-state index is 0.343. The average molecular weight is 655 g/mol. The van der Waals surface area contributed by atoms with Crippen LogP contribution in [0.3, 0.4) is 0 Å². The fourth-order valence-electron chi connectivity index (χ4n) is 0.933. The van der Waals surface area contributed by atoms with Crippen molar-refractivity contribution < 1.29 is 9.53 Å². The number of nitrogen functional groups attached to an aromatic ring is 1. The first kappa shape index (κ1) is 14.5. The number of ether oxygens (including phenoxy) is 1. The number of hydrogen-bond donors (Lipinski definition) is 1. The summed E-state index contributed by atoms with van der Waals surface area (Å²) < 4.78 is 8.36. The maximum atomic E-state index is 11.6. The molecule has 0 aromatic heterocycles. The number of benzene rings is 1. The Hall–Kier alpha value is 1.41. The number of anilines is 1. The molecule has 0 saturated carbocycles. The lowest BCUT2D eigenvalue weighted by atomic mass is 10.2. The molecule has 0 aliphatic rings. The first-order valence-corrected chi connectivity index (χ1v) is 7.93. The van der Waals surface area contributed by atoms with E-state index in [1.165, 1.54) is 7.11 Å². The van der Waals surface area contributed by atoms with E-state index in [1.54, 1.807) is 0 Å². The van der Waals surface area contributed by atoms with Gasteiger partial charge >= 0.3 is 5.97 Å². The Morgan fingerprint density at radius 2 is 1.60 bits per heavy atom. The summed E-state index contributed by atoms with van der Waals surface area (Å²) in [4.78, 5) is 11.6. The van der Waals surface area contributed by atoms with Crippen molar-refractivity contribution in [1.82, 2.24) is 0 Å². The minimum Gasteiger partial charge on any atom is -0.465 e. The predicted molar refractivity (Wildman–Crippen MR) is 93.1 cm³/mol. The molecule has 1 aromatic carbocycles. The SMILES string of the molecule is COC(=O)c1c(I)c(N)c(I)c(I)c1I. The van der Waals surface area contributed by atoms with Gasteiger partial charge in [0.05, 0.1) is 25.5 Å². The average Bonchev–Trinajstić information content (AvgIpc) is 2.23. The molecular formula is C8H5I4NO2. The number of carbonyl (C=O) groups is 1. The van der Waals surface area contributed by atoms with Crippen molar-refractivity contribution in [3.8, 4) is 0 Å². The summed E-state index contributed by atoms with van der Waals surface area (Å²) in [6.07, 6.45) is 0. The van der Waals surface area contributed by atoms with Crippen LogP contribution in [0.1, 0.15) is 10.4 Å². The number of rotatable bonds is 1. The summed E-state index contributed by atoms with van der Waals surface area (Å²) in [5.41, 5.74) is 7.11. The Morgan fingerprint density at radius 1 is 1.07 bits per heavy atom. The van der Waals surface area contributed by atoms with Crippen molar-refractivity contribution in [2.75, 3.05) is 12.8 Å². The maximum Gasteiger partial charge on any atom is 0.340 e. The summed E-state index contributed by atoms with van der Waals surface area (Å²) in [7, 11) is 1.37. The van der Waals surface area contributed by atoms with Crippen LogP contribution >= 0.6 is 90.4 Å². The van der Waals surface area contributed by atoms with Crippen LogP contribution in [-0.2, 0) is 4.74 Å². The number of nitrogens with two attached hydrogens (primary N) is 1. The van der Waals surface area contributed by atoms with E-state index in [4.69, 9.17) is 10.5 Å². The quantitative estimate of drug-likeness (QED) is 0.166. The minimum atomic E-state index is -0.343. The van der Waals surface area contributed by atoms with E-state index in [0.29, 0.717) is 11.3 Å². The van der Waals surface area contributed by atoms with Crippen LogP contribution in [-0.4, -0.2) is 13.1 Å². The normalized spacial score (nSPS) is 10.2. The van der Waals surface area contributed by atoms with Crippen LogP contribution in [0.25, 0.3) is 0 Å². The van der Waals surface area contributed by atoms with E-state index in [1.807, 2.05) is 0 Å². The van der Waals surface area contributed by atoms with Gasteiger partial charge in [-0.25, -0.2) is 4.79 Å². The third-order valence-corrected chi connectivity index (χ3v) is 8.15. The highest BCUT2D eigenvalue weighted by Crippen LogP contribution is 2.34. The molecule has 0 spiro atoms. The lowest BCUT2D eigenvalue weighted by Crippen LogP contribution is -2.12. The molecule has 0 heterocycles. The lowest BCUT2D eigenvalue weighted by molar-refractivity contribution is 0.0598. The highest BCUT2D eigenvalue weighted by molar-refractivity contribution is 14.1. The highest BCUT2D eigenvalue weighted by atomic mass is 127. The van der Waals surface area contributed by atoms with Gasteiger partial charge in [0.2, 0.25) is 0 Å². The zero-order chi connectivity index (χ0) is 11.7. The molecular weight excluding hydrogens is 650 g/mol. The van der Waals surface area contributed by atoms with Gasteiger partial charge in [-0.1, -0.05) is 0 Å². The monoisotopic (exact) mass is 655 g/mol. The first-order chi connectivity index (χ1) is 6.91. The van der Waals surface area contributed by atoms with Crippen LogP contribution in [0.2, 0.25) is 0 Å². The topological polar surface area (TPSA) is 52.3 Å². The molecule has 0 aliphatic carbocycles.